The van der Waals surface area contributed by atoms with E-state index in [0.29, 0.717) is 12.3 Å². The zero-order valence-corrected chi connectivity index (χ0v) is 13.4. The first-order valence-electron chi connectivity index (χ1n) is 7.94. The first-order chi connectivity index (χ1) is 10.3. The van der Waals surface area contributed by atoms with Gasteiger partial charge in [-0.3, -0.25) is 4.79 Å². The predicted octanol–water partition coefficient (Wildman–Crippen LogP) is 4.54. The number of hydrogen-bond donors (Lipinski definition) is 0. The molecule has 1 aliphatic heterocycles. The summed E-state index contributed by atoms with van der Waals surface area (Å²) in [7, 11) is 0. The highest BCUT2D eigenvalue weighted by Gasteiger charge is 2.29. The third-order valence-electron chi connectivity index (χ3n) is 4.16. The second kappa shape index (κ2) is 6.56. The van der Waals surface area contributed by atoms with Gasteiger partial charge in [0.25, 0.3) is 0 Å². The zero-order valence-electron chi connectivity index (χ0n) is 12.5. The van der Waals surface area contributed by atoms with Crippen LogP contribution in [-0.2, 0) is 4.79 Å². The molecule has 1 aliphatic rings. The fraction of sp³-hybridized carbons (Fsp3) is 0.529. The Morgan fingerprint density at radius 3 is 3.05 bits per heavy atom. The SMILES string of the molecule is CCCCC(=O)N1CCCCC1c1nc2ccccc2s1. The quantitative estimate of drug-likeness (QED) is 0.830. The van der Waals surface area contributed by atoms with Gasteiger partial charge in [-0.15, -0.1) is 11.3 Å². The molecule has 1 unspecified atom stereocenters. The van der Waals surface area contributed by atoms with Crippen LogP contribution in [0.3, 0.4) is 0 Å². The van der Waals surface area contributed by atoms with Crippen molar-refractivity contribution in [3.63, 3.8) is 0 Å². The topological polar surface area (TPSA) is 33.2 Å². The number of fused-ring (bicyclic) bond motifs is 1. The van der Waals surface area contributed by atoms with Gasteiger partial charge in [-0.2, -0.15) is 0 Å². The summed E-state index contributed by atoms with van der Waals surface area (Å²) in [6, 6.07) is 8.44. The van der Waals surface area contributed by atoms with E-state index in [4.69, 9.17) is 4.98 Å². The van der Waals surface area contributed by atoms with Gasteiger partial charge in [0.15, 0.2) is 0 Å². The van der Waals surface area contributed by atoms with Gasteiger partial charge < -0.3 is 4.90 Å². The Bertz CT molecular complexity index is 589. The van der Waals surface area contributed by atoms with Crippen LogP contribution in [0.4, 0.5) is 0 Å². The number of likely N-dealkylation sites (tertiary alicyclic amines) is 1. The maximum atomic E-state index is 12.5. The van der Waals surface area contributed by atoms with Crippen LogP contribution in [0.2, 0.25) is 0 Å². The number of thiazole rings is 1. The number of para-hydroxylation sites is 1. The minimum atomic E-state index is 0.195. The molecule has 0 saturated carbocycles. The van der Waals surface area contributed by atoms with E-state index < -0.39 is 0 Å². The van der Waals surface area contributed by atoms with Crippen LogP contribution in [0.25, 0.3) is 10.2 Å². The third kappa shape index (κ3) is 3.10. The van der Waals surface area contributed by atoms with Crippen LogP contribution in [0.5, 0.6) is 0 Å². The number of rotatable bonds is 4. The number of benzene rings is 1. The monoisotopic (exact) mass is 302 g/mol. The van der Waals surface area contributed by atoms with Crippen molar-refractivity contribution in [1.82, 2.24) is 9.88 Å². The Balaban J connectivity index is 1.84. The lowest BCUT2D eigenvalue weighted by molar-refractivity contribution is -0.135. The average molecular weight is 302 g/mol. The molecule has 1 atom stereocenters. The molecular formula is C17H22N2OS. The Morgan fingerprint density at radius 1 is 1.38 bits per heavy atom. The molecule has 0 N–H and O–H groups in total. The van der Waals surface area contributed by atoms with Crippen LogP contribution >= 0.6 is 11.3 Å². The van der Waals surface area contributed by atoms with Gasteiger partial charge in [-0.05, 0) is 37.8 Å². The molecule has 2 aromatic rings. The van der Waals surface area contributed by atoms with Crippen molar-refractivity contribution in [3.8, 4) is 0 Å². The first kappa shape index (κ1) is 14.5. The molecule has 0 bridgehead atoms. The number of aromatic nitrogens is 1. The van der Waals surface area contributed by atoms with Crippen LogP contribution in [-0.4, -0.2) is 22.3 Å². The van der Waals surface area contributed by atoms with E-state index >= 15 is 0 Å². The molecule has 0 spiro atoms. The maximum Gasteiger partial charge on any atom is 0.223 e. The molecule has 1 amide bonds. The van der Waals surface area contributed by atoms with Crippen LogP contribution in [0.1, 0.15) is 56.5 Å². The van der Waals surface area contributed by atoms with Gasteiger partial charge in [0.05, 0.1) is 16.3 Å². The summed E-state index contributed by atoms with van der Waals surface area (Å²) in [5.41, 5.74) is 1.06. The number of carbonyl (C=O) groups is 1. The largest absolute Gasteiger partial charge is 0.333 e. The summed E-state index contributed by atoms with van der Waals surface area (Å²) in [5.74, 6) is 0.306. The number of carbonyl (C=O) groups excluding carboxylic acids is 1. The van der Waals surface area contributed by atoms with E-state index in [1.54, 1.807) is 11.3 Å². The second-order valence-corrected chi connectivity index (χ2v) is 6.78. The molecule has 0 radical (unpaired) electrons. The van der Waals surface area contributed by atoms with Crippen LogP contribution in [0.15, 0.2) is 24.3 Å². The molecule has 1 saturated heterocycles. The highest BCUT2D eigenvalue weighted by atomic mass is 32.1. The fourth-order valence-electron chi connectivity index (χ4n) is 2.99. The Hall–Kier alpha value is -1.42. The molecule has 1 fully saturated rings. The van der Waals surface area contributed by atoms with E-state index in [1.807, 2.05) is 6.07 Å². The third-order valence-corrected chi connectivity index (χ3v) is 5.30. The summed E-state index contributed by atoms with van der Waals surface area (Å²) < 4.78 is 1.22. The number of amides is 1. The number of piperidine rings is 1. The lowest BCUT2D eigenvalue weighted by Crippen LogP contribution is -2.38. The summed E-state index contributed by atoms with van der Waals surface area (Å²) in [6.07, 6.45) is 6.11. The molecule has 1 aromatic heterocycles. The highest BCUT2D eigenvalue weighted by molar-refractivity contribution is 7.18. The minimum absolute atomic E-state index is 0.195. The van der Waals surface area contributed by atoms with Crippen molar-refractivity contribution in [1.29, 1.82) is 0 Å². The Kier molecular flexibility index (Phi) is 4.54. The van der Waals surface area contributed by atoms with E-state index in [-0.39, 0.29) is 6.04 Å². The van der Waals surface area contributed by atoms with E-state index in [2.05, 4.69) is 30.0 Å². The Labute approximate surface area is 130 Å². The summed E-state index contributed by atoms with van der Waals surface area (Å²) >= 11 is 1.74. The van der Waals surface area contributed by atoms with Crippen molar-refractivity contribution >= 4 is 27.5 Å². The normalized spacial score (nSPS) is 19.1. The minimum Gasteiger partial charge on any atom is -0.333 e. The molecule has 3 nitrogen and oxygen atoms in total. The lowest BCUT2D eigenvalue weighted by atomic mass is 10.0. The lowest BCUT2D eigenvalue weighted by Gasteiger charge is -2.34. The maximum absolute atomic E-state index is 12.5. The second-order valence-electron chi connectivity index (χ2n) is 5.72. The molecule has 112 valence electrons. The molecule has 3 rings (SSSR count). The molecule has 21 heavy (non-hydrogen) atoms. The molecule has 4 heteroatoms. The van der Waals surface area contributed by atoms with Gasteiger partial charge >= 0.3 is 0 Å². The Morgan fingerprint density at radius 2 is 2.24 bits per heavy atom. The van der Waals surface area contributed by atoms with E-state index in [9.17, 15) is 4.79 Å². The van der Waals surface area contributed by atoms with Crippen molar-refractivity contribution in [2.45, 2.75) is 51.5 Å². The van der Waals surface area contributed by atoms with Crippen LogP contribution < -0.4 is 0 Å². The van der Waals surface area contributed by atoms with Crippen molar-refractivity contribution < 1.29 is 4.79 Å². The molecule has 1 aromatic carbocycles. The molecule has 0 aliphatic carbocycles. The average Bonchev–Trinajstić information content (AvgIpc) is 2.96. The van der Waals surface area contributed by atoms with Gasteiger partial charge in [0.1, 0.15) is 5.01 Å². The van der Waals surface area contributed by atoms with Crippen LogP contribution in [0, 0.1) is 0 Å². The highest BCUT2D eigenvalue weighted by Crippen LogP contribution is 2.36. The van der Waals surface area contributed by atoms with Crippen molar-refractivity contribution in [2.75, 3.05) is 6.54 Å². The number of nitrogens with zero attached hydrogens (tertiary/aromatic N) is 2. The van der Waals surface area contributed by atoms with Gasteiger partial charge in [-0.1, -0.05) is 25.5 Å². The predicted molar refractivity (Wildman–Crippen MR) is 87.5 cm³/mol. The van der Waals surface area contributed by atoms with E-state index in [1.165, 1.54) is 11.1 Å². The first-order valence-corrected chi connectivity index (χ1v) is 8.76. The van der Waals surface area contributed by atoms with E-state index in [0.717, 1.165) is 42.8 Å². The standard InChI is InChI=1S/C17H22N2OS/c1-2-3-11-16(20)19-12-7-6-9-14(19)17-18-13-8-4-5-10-15(13)21-17/h4-5,8,10,14H,2-3,6-7,9,11-12H2,1H3. The number of unbranched alkanes of at least 4 members (excludes halogenated alkanes) is 1. The molecular weight excluding hydrogens is 280 g/mol. The smallest absolute Gasteiger partial charge is 0.223 e. The summed E-state index contributed by atoms with van der Waals surface area (Å²) in [6.45, 7) is 3.03. The summed E-state index contributed by atoms with van der Waals surface area (Å²) in [4.78, 5) is 19.3. The van der Waals surface area contributed by atoms with Crippen molar-refractivity contribution in [3.05, 3.63) is 29.3 Å². The van der Waals surface area contributed by atoms with Gasteiger partial charge in [-0.25, -0.2) is 4.98 Å². The zero-order chi connectivity index (χ0) is 14.7. The summed E-state index contributed by atoms with van der Waals surface area (Å²) in [5, 5.41) is 1.11. The molecule has 2 heterocycles. The fourth-order valence-corrected chi connectivity index (χ4v) is 4.11. The van der Waals surface area contributed by atoms with Gasteiger partial charge in [0.2, 0.25) is 5.91 Å². The van der Waals surface area contributed by atoms with Gasteiger partial charge in [0, 0.05) is 13.0 Å². The number of hydrogen-bond acceptors (Lipinski definition) is 3. The van der Waals surface area contributed by atoms with Crippen molar-refractivity contribution in [2.24, 2.45) is 0 Å².